The molecule has 0 saturated carbocycles. The van der Waals surface area contributed by atoms with Gasteiger partial charge >= 0.3 is 6.18 Å². The van der Waals surface area contributed by atoms with Gasteiger partial charge in [-0.2, -0.15) is 20.2 Å². The van der Waals surface area contributed by atoms with Crippen molar-refractivity contribution in [1.29, 1.82) is 0 Å². The standard InChI is InChI=1S/C11H13F3N/c1-10(2,15-3)8-5-4-6-9(7-8)11(12,13)14/h4-7H,1-3H3/q-1. The van der Waals surface area contributed by atoms with E-state index in [1.54, 1.807) is 27.0 Å². The van der Waals surface area contributed by atoms with Gasteiger partial charge in [0.2, 0.25) is 0 Å². The molecule has 0 bridgehead atoms. The first-order valence-electron chi connectivity index (χ1n) is 4.56. The Kier molecular flexibility index (Phi) is 3.09. The molecular weight excluding hydrogens is 203 g/mol. The van der Waals surface area contributed by atoms with Crippen molar-refractivity contribution in [2.75, 3.05) is 7.05 Å². The van der Waals surface area contributed by atoms with E-state index in [0.29, 0.717) is 5.56 Å². The second-order valence-corrected chi connectivity index (χ2v) is 3.86. The maximum absolute atomic E-state index is 12.4. The minimum absolute atomic E-state index is 0.569. The maximum Gasteiger partial charge on any atom is 0.416 e. The average molecular weight is 216 g/mol. The van der Waals surface area contributed by atoms with Gasteiger partial charge in [-0.3, -0.25) is 0 Å². The number of benzene rings is 1. The number of hydrogen-bond acceptors (Lipinski definition) is 0. The van der Waals surface area contributed by atoms with E-state index < -0.39 is 17.3 Å². The van der Waals surface area contributed by atoms with Crippen LogP contribution in [0.1, 0.15) is 25.0 Å². The zero-order chi connectivity index (χ0) is 11.7. The molecule has 0 unspecified atom stereocenters. The molecule has 1 rings (SSSR count). The zero-order valence-corrected chi connectivity index (χ0v) is 8.89. The molecule has 1 aromatic carbocycles. The number of halogens is 3. The molecule has 0 fully saturated rings. The van der Waals surface area contributed by atoms with Crippen LogP contribution in [-0.4, -0.2) is 7.05 Å². The Bertz CT molecular complexity index is 342. The Hall–Kier alpha value is -1.03. The molecule has 4 heteroatoms. The van der Waals surface area contributed by atoms with Crippen molar-refractivity contribution in [1.82, 2.24) is 0 Å². The third kappa shape index (κ3) is 2.72. The van der Waals surface area contributed by atoms with E-state index in [0.717, 1.165) is 12.1 Å². The van der Waals surface area contributed by atoms with Gasteiger partial charge in [-0.05, 0) is 6.07 Å². The summed E-state index contributed by atoms with van der Waals surface area (Å²) >= 11 is 0. The van der Waals surface area contributed by atoms with Crippen LogP contribution in [0, 0.1) is 0 Å². The lowest BCUT2D eigenvalue weighted by atomic mass is 9.93. The number of nitrogens with zero attached hydrogens (tertiary/aromatic N) is 1. The Labute approximate surface area is 87.3 Å². The van der Waals surface area contributed by atoms with Crippen LogP contribution >= 0.6 is 0 Å². The summed E-state index contributed by atoms with van der Waals surface area (Å²) in [5, 5.41) is 4.05. The fourth-order valence-corrected chi connectivity index (χ4v) is 1.21. The lowest BCUT2D eigenvalue weighted by molar-refractivity contribution is -0.137. The molecule has 0 aliphatic rings. The van der Waals surface area contributed by atoms with Crippen LogP contribution in [0.25, 0.3) is 5.32 Å². The van der Waals surface area contributed by atoms with Gasteiger partial charge in [0, 0.05) is 0 Å². The lowest BCUT2D eigenvalue weighted by Gasteiger charge is -2.38. The van der Waals surface area contributed by atoms with Crippen LogP contribution in [0.4, 0.5) is 13.2 Å². The maximum atomic E-state index is 12.4. The highest BCUT2D eigenvalue weighted by atomic mass is 19.4. The SMILES string of the molecule is C[N-]C(C)(C)c1cccc(C(F)(F)F)c1. The van der Waals surface area contributed by atoms with E-state index >= 15 is 0 Å². The Morgan fingerprint density at radius 2 is 1.60 bits per heavy atom. The zero-order valence-electron chi connectivity index (χ0n) is 8.89. The molecule has 0 radical (unpaired) electrons. The Morgan fingerprint density at radius 1 is 1.07 bits per heavy atom. The highest BCUT2D eigenvalue weighted by Crippen LogP contribution is 2.34. The molecule has 0 aromatic heterocycles. The summed E-state index contributed by atoms with van der Waals surface area (Å²) in [5.41, 5.74) is -0.641. The minimum Gasteiger partial charge on any atom is -0.656 e. The Morgan fingerprint density at radius 3 is 2.07 bits per heavy atom. The quantitative estimate of drug-likeness (QED) is 0.710. The molecule has 0 aliphatic carbocycles. The normalized spacial score (nSPS) is 12.9. The van der Waals surface area contributed by atoms with Gasteiger partial charge in [0.15, 0.2) is 0 Å². The third-order valence-corrected chi connectivity index (χ3v) is 2.46. The molecule has 1 aromatic rings. The van der Waals surface area contributed by atoms with Crippen molar-refractivity contribution in [2.45, 2.75) is 25.6 Å². The molecule has 0 atom stereocenters. The van der Waals surface area contributed by atoms with E-state index in [-0.39, 0.29) is 0 Å². The van der Waals surface area contributed by atoms with E-state index in [9.17, 15) is 13.2 Å². The monoisotopic (exact) mass is 216 g/mol. The van der Waals surface area contributed by atoms with Gasteiger partial charge in [0.1, 0.15) is 0 Å². The highest BCUT2D eigenvalue weighted by molar-refractivity contribution is 5.33. The lowest BCUT2D eigenvalue weighted by Crippen LogP contribution is -2.16. The average Bonchev–Trinajstić information content (AvgIpc) is 2.17. The van der Waals surface area contributed by atoms with Gasteiger partial charge in [-0.1, -0.05) is 37.6 Å². The van der Waals surface area contributed by atoms with Crippen LogP contribution in [0.2, 0.25) is 0 Å². The predicted molar refractivity (Wildman–Crippen MR) is 53.8 cm³/mol. The molecule has 0 heterocycles. The Balaban J connectivity index is 3.14. The molecule has 1 nitrogen and oxygen atoms in total. The molecule has 0 aliphatic heterocycles. The van der Waals surface area contributed by atoms with Crippen LogP contribution in [0.15, 0.2) is 24.3 Å². The van der Waals surface area contributed by atoms with Crippen molar-refractivity contribution in [3.63, 3.8) is 0 Å². The smallest absolute Gasteiger partial charge is 0.416 e. The first kappa shape index (κ1) is 12.0. The second-order valence-electron chi connectivity index (χ2n) is 3.86. The molecule has 15 heavy (non-hydrogen) atoms. The highest BCUT2D eigenvalue weighted by Gasteiger charge is 2.30. The second kappa shape index (κ2) is 3.85. The summed E-state index contributed by atoms with van der Waals surface area (Å²) in [5.74, 6) is 0. The number of hydrogen-bond donors (Lipinski definition) is 0. The summed E-state index contributed by atoms with van der Waals surface area (Å²) in [4.78, 5) is 0. The number of alkyl halides is 3. The third-order valence-electron chi connectivity index (χ3n) is 2.46. The van der Waals surface area contributed by atoms with Gasteiger partial charge < -0.3 is 5.32 Å². The van der Waals surface area contributed by atoms with Gasteiger partial charge in [-0.15, -0.1) is 5.54 Å². The molecule has 0 N–H and O–H groups in total. The summed E-state index contributed by atoms with van der Waals surface area (Å²) in [6, 6.07) is 5.27. The van der Waals surface area contributed by atoms with E-state index in [1.165, 1.54) is 6.07 Å². The molecular formula is C11H13F3N-. The van der Waals surface area contributed by atoms with Crippen molar-refractivity contribution in [3.8, 4) is 0 Å². The first-order chi connectivity index (χ1) is 6.77. The van der Waals surface area contributed by atoms with E-state index in [4.69, 9.17) is 0 Å². The van der Waals surface area contributed by atoms with Gasteiger partial charge in [0.05, 0.1) is 5.56 Å². The van der Waals surface area contributed by atoms with Gasteiger partial charge in [-0.25, -0.2) is 0 Å². The molecule has 84 valence electrons. The van der Waals surface area contributed by atoms with E-state index in [2.05, 4.69) is 5.32 Å². The van der Waals surface area contributed by atoms with Crippen molar-refractivity contribution < 1.29 is 13.2 Å². The molecule has 0 spiro atoms. The summed E-state index contributed by atoms with van der Waals surface area (Å²) in [6.07, 6.45) is -4.29. The summed E-state index contributed by atoms with van der Waals surface area (Å²) in [7, 11) is 1.60. The largest absolute Gasteiger partial charge is 0.656 e. The van der Waals surface area contributed by atoms with Crippen molar-refractivity contribution in [3.05, 3.63) is 40.7 Å². The summed E-state index contributed by atoms with van der Waals surface area (Å²) in [6.45, 7) is 3.56. The van der Waals surface area contributed by atoms with Crippen LogP contribution in [-0.2, 0) is 11.7 Å². The van der Waals surface area contributed by atoms with Gasteiger partial charge in [0.25, 0.3) is 0 Å². The van der Waals surface area contributed by atoms with Crippen LogP contribution in [0.3, 0.4) is 0 Å². The molecule has 0 saturated heterocycles. The first-order valence-corrected chi connectivity index (χ1v) is 4.56. The number of rotatable bonds is 2. The summed E-state index contributed by atoms with van der Waals surface area (Å²) < 4.78 is 37.3. The van der Waals surface area contributed by atoms with Crippen molar-refractivity contribution >= 4 is 0 Å². The van der Waals surface area contributed by atoms with Crippen molar-refractivity contribution in [2.24, 2.45) is 0 Å². The fraction of sp³-hybridized carbons (Fsp3) is 0.455. The topological polar surface area (TPSA) is 14.1 Å². The predicted octanol–water partition coefficient (Wildman–Crippen LogP) is 3.94. The van der Waals surface area contributed by atoms with Crippen LogP contribution in [0.5, 0.6) is 0 Å². The fourth-order valence-electron chi connectivity index (χ4n) is 1.21. The molecule has 0 amide bonds. The van der Waals surface area contributed by atoms with Crippen LogP contribution < -0.4 is 0 Å². The van der Waals surface area contributed by atoms with E-state index in [1.807, 2.05) is 0 Å². The minimum atomic E-state index is -4.29.